The van der Waals surface area contributed by atoms with E-state index in [1.54, 1.807) is 0 Å². The van der Waals surface area contributed by atoms with Crippen LogP contribution in [-0.4, -0.2) is 30.9 Å². The van der Waals surface area contributed by atoms with E-state index in [4.69, 9.17) is 5.11 Å². The van der Waals surface area contributed by atoms with Crippen molar-refractivity contribution in [3.63, 3.8) is 0 Å². The van der Waals surface area contributed by atoms with Crippen LogP contribution in [0.3, 0.4) is 0 Å². The Bertz CT molecular complexity index is 516. The van der Waals surface area contributed by atoms with Gasteiger partial charge in [-0.1, -0.05) is 12.1 Å². The minimum atomic E-state index is -3.42. The van der Waals surface area contributed by atoms with E-state index < -0.39 is 21.4 Å². The Morgan fingerprint density at radius 3 is 2.38 bits per heavy atom. The second-order valence-corrected chi connectivity index (χ2v) is 5.69. The lowest BCUT2D eigenvalue weighted by atomic mass is 9.96. The molecule has 88 valence electrons. The predicted molar refractivity (Wildman–Crippen MR) is 56.8 cm³/mol. The average molecular weight is 244 g/mol. The van der Waals surface area contributed by atoms with E-state index in [9.17, 15) is 18.3 Å². The highest BCUT2D eigenvalue weighted by Gasteiger charge is 2.32. The Morgan fingerprint density at radius 2 is 1.94 bits per heavy atom. The molecule has 1 rings (SSSR count). The van der Waals surface area contributed by atoms with Gasteiger partial charge in [-0.3, -0.25) is 0 Å². The van der Waals surface area contributed by atoms with E-state index >= 15 is 0 Å². The van der Waals surface area contributed by atoms with Crippen LogP contribution >= 0.6 is 0 Å². The Labute approximate surface area is 93.3 Å². The zero-order valence-electron chi connectivity index (χ0n) is 8.84. The largest absolute Gasteiger partial charge is 0.479 e. The van der Waals surface area contributed by atoms with Crippen LogP contribution in [0.2, 0.25) is 0 Å². The lowest BCUT2D eigenvalue weighted by Crippen LogP contribution is -2.31. The molecule has 0 amide bonds. The average Bonchev–Trinajstić information content (AvgIpc) is 2.16. The van der Waals surface area contributed by atoms with Crippen molar-refractivity contribution in [2.24, 2.45) is 0 Å². The van der Waals surface area contributed by atoms with Crippen LogP contribution in [0.15, 0.2) is 29.2 Å². The second-order valence-electron chi connectivity index (χ2n) is 3.68. The monoisotopic (exact) mass is 244 g/mol. The third-order valence-corrected chi connectivity index (χ3v) is 3.35. The number of carboxylic acids is 1. The number of carbonyl (C=O) groups is 1. The Morgan fingerprint density at radius 1 is 1.38 bits per heavy atom. The van der Waals surface area contributed by atoms with Gasteiger partial charge in [-0.2, -0.15) is 0 Å². The molecule has 16 heavy (non-hydrogen) atoms. The molecule has 1 aromatic rings. The van der Waals surface area contributed by atoms with Gasteiger partial charge in [-0.25, -0.2) is 13.2 Å². The van der Waals surface area contributed by atoms with Crippen LogP contribution in [0.1, 0.15) is 12.5 Å². The molecular formula is C10H12O5S. The molecule has 0 saturated heterocycles. The first kappa shape index (κ1) is 12.7. The molecule has 0 radical (unpaired) electrons. The summed E-state index contributed by atoms with van der Waals surface area (Å²) in [5.74, 6) is -1.43. The normalized spacial score (nSPS) is 15.4. The van der Waals surface area contributed by atoms with Crippen molar-refractivity contribution in [2.45, 2.75) is 17.4 Å². The van der Waals surface area contributed by atoms with Crippen molar-refractivity contribution in [1.82, 2.24) is 0 Å². The van der Waals surface area contributed by atoms with Crippen LogP contribution in [0.5, 0.6) is 0 Å². The van der Waals surface area contributed by atoms with Crippen LogP contribution in [0.25, 0.3) is 0 Å². The minimum absolute atomic E-state index is 0.0217. The fraction of sp³-hybridized carbons (Fsp3) is 0.300. The lowest BCUT2D eigenvalue weighted by molar-refractivity contribution is -0.157. The molecule has 0 spiro atoms. The molecule has 0 heterocycles. The molecule has 6 heteroatoms. The maximum Gasteiger partial charge on any atom is 0.340 e. The van der Waals surface area contributed by atoms with Gasteiger partial charge in [0.1, 0.15) is 0 Å². The molecule has 0 saturated carbocycles. The molecule has 0 aliphatic rings. The van der Waals surface area contributed by atoms with E-state index in [1.165, 1.54) is 18.2 Å². The zero-order chi connectivity index (χ0) is 12.6. The predicted octanol–water partition coefficient (Wildman–Crippen LogP) is 0.382. The standard InChI is InChI=1S/C10H12O5S/c1-10(13,9(11)12)7-4-3-5-8(6-7)16(2,14)15/h3-6,13H,1-2H3,(H,11,12). The molecule has 1 unspecified atom stereocenters. The van der Waals surface area contributed by atoms with Gasteiger partial charge in [0.25, 0.3) is 0 Å². The first-order valence-electron chi connectivity index (χ1n) is 4.42. The summed E-state index contributed by atoms with van der Waals surface area (Å²) >= 11 is 0. The van der Waals surface area contributed by atoms with E-state index in [2.05, 4.69) is 0 Å². The maximum absolute atomic E-state index is 11.3. The Kier molecular flexibility index (Phi) is 3.07. The van der Waals surface area contributed by atoms with Crippen molar-refractivity contribution in [1.29, 1.82) is 0 Å². The van der Waals surface area contributed by atoms with Crippen LogP contribution in [-0.2, 0) is 20.2 Å². The number of aliphatic hydroxyl groups is 1. The minimum Gasteiger partial charge on any atom is -0.479 e. The lowest BCUT2D eigenvalue weighted by Gasteiger charge is -2.18. The van der Waals surface area contributed by atoms with Crippen molar-refractivity contribution in [3.8, 4) is 0 Å². The highest BCUT2D eigenvalue weighted by atomic mass is 32.2. The van der Waals surface area contributed by atoms with Crippen molar-refractivity contribution < 1.29 is 23.4 Å². The Hall–Kier alpha value is -1.40. The summed E-state index contributed by atoms with van der Waals surface area (Å²) in [4.78, 5) is 10.8. The van der Waals surface area contributed by atoms with Crippen LogP contribution in [0.4, 0.5) is 0 Å². The summed E-state index contributed by atoms with van der Waals surface area (Å²) in [5, 5.41) is 18.4. The van der Waals surface area contributed by atoms with Crippen LogP contribution in [0, 0.1) is 0 Å². The van der Waals surface area contributed by atoms with Gasteiger partial charge < -0.3 is 10.2 Å². The molecular weight excluding hydrogens is 232 g/mol. The number of rotatable bonds is 3. The van der Waals surface area contributed by atoms with E-state index in [1.807, 2.05) is 0 Å². The maximum atomic E-state index is 11.3. The van der Waals surface area contributed by atoms with E-state index in [-0.39, 0.29) is 10.5 Å². The molecule has 0 aliphatic heterocycles. The fourth-order valence-corrected chi connectivity index (χ4v) is 1.82. The van der Waals surface area contributed by atoms with Crippen molar-refractivity contribution in [2.75, 3.05) is 6.26 Å². The summed E-state index contributed by atoms with van der Waals surface area (Å²) in [6.07, 6.45) is 1.02. The molecule has 0 bridgehead atoms. The molecule has 1 atom stereocenters. The molecule has 0 aromatic heterocycles. The zero-order valence-corrected chi connectivity index (χ0v) is 9.65. The highest BCUT2D eigenvalue weighted by Crippen LogP contribution is 2.23. The number of carboxylic acid groups (broad SMARTS) is 1. The third kappa shape index (κ3) is 2.40. The number of aliphatic carboxylic acids is 1. The van der Waals surface area contributed by atoms with Gasteiger partial charge in [0.2, 0.25) is 0 Å². The van der Waals surface area contributed by atoms with Crippen molar-refractivity contribution >= 4 is 15.8 Å². The number of hydrogen-bond acceptors (Lipinski definition) is 4. The van der Waals surface area contributed by atoms with E-state index in [0.717, 1.165) is 19.2 Å². The highest BCUT2D eigenvalue weighted by molar-refractivity contribution is 7.90. The summed E-state index contributed by atoms with van der Waals surface area (Å²) in [6.45, 7) is 1.09. The summed E-state index contributed by atoms with van der Waals surface area (Å²) in [5.41, 5.74) is -2.07. The third-order valence-electron chi connectivity index (χ3n) is 2.24. The first-order chi connectivity index (χ1) is 7.15. The molecule has 5 nitrogen and oxygen atoms in total. The van der Waals surface area contributed by atoms with Gasteiger partial charge in [0.15, 0.2) is 15.4 Å². The Balaban J connectivity index is 3.34. The van der Waals surface area contributed by atoms with Gasteiger partial charge in [-0.15, -0.1) is 0 Å². The molecule has 1 aromatic carbocycles. The quantitative estimate of drug-likeness (QED) is 0.802. The molecule has 0 aliphatic carbocycles. The number of hydrogen-bond donors (Lipinski definition) is 2. The van der Waals surface area contributed by atoms with E-state index in [0.29, 0.717) is 0 Å². The summed E-state index contributed by atoms with van der Waals surface area (Å²) in [6, 6.07) is 5.26. The fourth-order valence-electron chi connectivity index (χ4n) is 1.15. The topological polar surface area (TPSA) is 91.7 Å². The smallest absolute Gasteiger partial charge is 0.340 e. The SMILES string of the molecule is CC(O)(C(=O)O)c1cccc(S(C)(=O)=O)c1. The second kappa shape index (κ2) is 3.88. The van der Waals surface area contributed by atoms with Crippen LogP contribution < -0.4 is 0 Å². The molecule has 2 N–H and O–H groups in total. The first-order valence-corrected chi connectivity index (χ1v) is 6.31. The number of benzene rings is 1. The summed E-state index contributed by atoms with van der Waals surface area (Å²) in [7, 11) is -3.42. The van der Waals surface area contributed by atoms with Gasteiger partial charge in [0, 0.05) is 6.26 Å². The van der Waals surface area contributed by atoms with Gasteiger partial charge in [0.05, 0.1) is 4.90 Å². The van der Waals surface area contributed by atoms with Gasteiger partial charge >= 0.3 is 5.97 Å². The van der Waals surface area contributed by atoms with Crippen molar-refractivity contribution in [3.05, 3.63) is 29.8 Å². The summed E-state index contributed by atoms with van der Waals surface area (Å²) < 4.78 is 22.5. The molecule has 0 fully saturated rings. The van der Waals surface area contributed by atoms with Gasteiger partial charge in [-0.05, 0) is 24.6 Å². The number of sulfone groups is 1.